The molecule has 2 aromatic carbocycles. The molecule has 2 rings (SSSR count). The second kappa shape index (κ2) is 6.29. The van der Waals surface area contributed by atoms with Gasteiger partial charge in [0.1, 0.15) is 0 Å². The summed E-state index contributed by atoms with van der Waals surface area (Å²) in [4.78, 5) is 11.2. The van der Waals surface area contributed by atoms with Crippen LogP contribution in [0.2, 0.25) is 5.02 Å². The Bertz CT molecular complexity index is 628. The average molecular weight is 355 g/mol. The number of carboxylic acid groups (broad SMARTS) is 1. The van der Waals surface area contributed by atoms with Gasteiger partial charge in [0.2, 0.25) is 0 Å². The molecular formula is C15H13BrClNO2. The van der Waals surface area contributed by atoms with E-state index in [0.29, 0.717) is 10.7 Å². The van der Waals surface area contributed by atoms with Gasteiger partial charge in [-0.05, 0) is 42.8 Å². The standard InChI is InChI=1S/C15H13BrClNO2/c1-9(10-2-4-11(16)5-3-10)18-14-8-12(17)6-7-13(14)15(19)20/h2-9,18H,1H3,(H,19,20). The summed E-state index contributed by atoms with van der Waals surface area (Å²) in [5.41, 5.74) is 1.78. The highest BCUT2D eigenvalue weighted by atomic mass is 79.9. The van der Waals surface area contributed by atoms with E-state index in [1.54, 1.807) is 12.1 Å². The van der Waals surface area contributed by atoms with Crippen molar-refractivity contribution in [2.24, 2.45) is 0 Å². The maximum absolute atomic E-state index is 11.2. The van der Waals surface area contributed by atoms with Crippen molar-refractivity contribution >= 4 is 39.2 Å². The van der Waals surface area contributed by atoms with Crippen LogP contribution >= 0.6 is 27.5 Å². The number of rotatable bonds is 4. The van der Waals surface area contributed by atoms with Gasteiger partial charge in [-0.15, -0.1) is 0 Å². The molecule has 0 spiro atoms. The average Bonchev–Trinajstić information content (AvgIpc) is 2.39. The SMILES string of the molecule is CC(Nc1cc(Cl)ccc1C(=O)O)c1ccc(Br)cc1. The monoisotopic (exact) mass is 353 g/mol. The molecule has 0 aliphatic heterocycles. The number of halogens is 2. The van der Waals surface area contributed by atoms with Crippen molar-refractivity contribution in [3.8, 4) is 0 Å². The Balaban J connectivity index is 2.27. The van der Waals surface area contributed by atoms with E-state index in [4.69, 9.17) is 11.6 Å². The summed E-state index contributed by atoms with van der Waals surface area (Å²) in [7, 11) is 0. The molecule has 0 aliphatic carbocycles. The molecule has 0 bridgehead atoms. The van der Waals surface area contributed by atoms with Gasteiger partial charge < -0.3 is 10.4 Å². The fourth-order valence-corrected chi connectivity index (χ4v) is 2.33. The molecule has 0 fully saturated rings. The molecule has 5 heteroatoms. The summed E-state index contributed by atoms with van der Waals surface area (Å²) in [6.07, 6.45) is 0. The summed E-state index contributed by atoms with van der Waals surface area (Å²) >= 11 is 9.32. The van der Waals surface area contributed by atoms with Crippen molar-refractivity contribution in [1.82, 2.24) is 0 Å². The molecular weight excluding hydrogens is 342 g/mol. The molecule has 20 heavy (non-hydrogen) atoms. The number of nitrogens with one attached hydrogen (secondary N) is 1. The minimum atomic E-state index is -0.979. The van der Waals surface area contributed by atoms with Crippen molar-refractivity contribution in [2.75, 3.05) is 5.32 Å². The largest absolute Gasteiger partial charge is 0.478 e. The minimum Gasteiger partial charge on any atom is -0.478 e. The number of anilines is 1. The fraction of sp³-hybridized carbons (Fsp3) is 0.133. The molecule has 2 N–H and O–H groups in total. The second-order valence-electron chi connectivity index (χ2n) is 4.41. The normalized spacial score (nSPS) is 11.9. The molecule has 0 heterocycles. The van der Waals surface area contributed by atoms with Crippen LogP contribution in [0, 0.1) is 0 Å². The summed E-state index contributed by atoms with van der Waals surface area (Å²) in [6.45, 7) is 1.97. The van der Waals surface area contributed by atoms with E-state index in [9.17, 15) is 9.90 Å². The highest BCUT2D eigenvalue weighted by molar-refractivity contribution is 9.10. The van der Waals surface area contributed by atoms with Gasteiger partial charge in [0.05, 0.1) is 11.3 Å². The predicted octanol–water partition coefficient (Wildman–Crippen LogP) is 4.97. The number of aromatic carboxylic acids is 1. The van der Waals surface area contributed by atoms with Gasteiger partial charge in [0, 0.05) is 15.5 Å². The zero-order valence-corrected chi connectivity index (χ0v) is 13.1. The fourth-order valence-electron chi connectivity index (χ4n) is 1.89. The second-order valence-corrected chi connectivity index (χ2v) is 5.76. The highest BCUT2D eigenvalue weighted by Gasteiger charge is 2.13. The molecule has 0 amide bonds. The first-order valence-corrected chi connectivity index (χ1v) is 7.19. The first kappa shape index (κ1) is 14.9. The van der Waals surface area contributed by atoms with Gasteiger partial charge in [-0.25, -0.2) is 4.79 Å². The van der Waals surface area contributed by atoms with Crippen molar-refractivity contribution in [2.45, 2.75) is 13.0 Å². The third-order valence-electron chi connectivity index (χ3n) is 2.95. The van der Waals surface area contributed by atoms with Gasteiger partial charge in [0.15, 0.2) is 0 Å². The van der Waals surface area contributed by atoms with Crippen LogP contribution in [-0.4, -0.2) is 11.1 Å². The molecule has 104 valence electrons. The molecule has 1 unspecified atom stereocenters. The van der Waals surface area contributed by atoms with Crippen molar-refractivity contribution < 1.29 is 9.90 Å². The van der Waals surface area contributed by atoms with E-state index in [1.807, 2.05) is 31.2 Å². The molecule has 0 saturated heterocycles. The van der Waals surface area contributed by atoms with E-state index in [1.165, 1.54) is 6.07 Å². The Morgan fingerprint density at radius 2 is 1.90 bits per heavy atom. The number of carbonyl (C=O) groups is 1. The van der Waals surface area contributed by atoms with E-state index < -0.39 is 5.97 Å². The minimum absolute atomic E-state index is 0.0281. The van der Waals surface area contributed by atoms with Crippen LogP contribution in [0.3, 0.4) is 0 Å². The van der Waals surface area contributed by atoms with Gasteiger partial charge in [0.25, 0.3) is 0 Å². The van der Waals surface area contributed by atoms with Gasteiger partial charge >= 0.3 is 5.97 Å². The van der Waals surface area contributed by atoms with E-state index >= 15 is 0 Å². The Kier molecular flexibility index (Phi) is 4.68. The van der Waals surface area contributed by atoms with Crippen LogP contribution < -0.4 is 5.32 Å². The maximum Gasteiger partial charge on any atom is 0.337 e. The highest BCUT2D eigenvalue weighted by Crippen LogP contribution is 2.26. The first-order valence-electron chi connectivity index (χ1n) is 6.02. The third kappa shape index (κ3) is 3.52. The van der Waals surface area contributed by atoms with Gasteiger partial charge in [-0.2, -0.15) is 0 Å². The lowest BCUT2D eigenvalue weighted by Crippen LogP contribution is -2.10. The number of hydrogen-bond donors (Lipinski definition) is 2. The molecule has 1 atom stereocenters. The topological polar surface area (TPSA) is 49.3 Å². The number of hydrogen-bond acceptors (Lipinski definition) is 2. The molecule has 0 saturated carbocycles. The van der Waals surface area contributed by atoms with Gasteiger partial charge in [-0.1, -0.05) is 39.7 Å². The third-order valence-corrected chi connectivity index (χ3v) is 3.72. The molecule has 0 aliphatic rings. The van der Waals surface area contributed by atoms with E-state index in [2.05, 4.69) is 21.2 Å². The summed E-state index contributed by atoms with van der Waals surface area (Å²) in [5, 5.41) is 12.9. The van der Waals surface area contributed by atoms with Crippen LogP contribution in [0.4, 0.5) is 5.69 Å². The first-order chi connectivity index (χ1) is 9.47. The molecule has 3 nitrogen and oxygen atoms in total. The van der Waals surface area contributed by atoms with Crippen LogP contribution in [-0.2, 0) is 0 Å². The van der Waals surface area contributed by atoms with Crippen LogP contribution in [0.25, 0.3) is 0 Å². The lowest BCUT2D eigenvalue weighted by atomic mass is 10.1. The molecule has 2 aromatic rings. The van der Waals surface area contributed by atoms with Crippen molar-refractivity contribution in [3.05, 3.63) is 63.1 Å². The maximum atomic E-state index is 11.2. The molecule has 0 aromatic heterocycles. The number of benzene rings is 2. The summed E-state index contributed by atoms with van der Waals surface area (Å²) in [6, 6.07) is 12.5. The number of carboxylic acids is 1. The zero-order valence-electron chi connectivity index (χ0n) is 10.7. The van der Waals surface area contributed by atoms with Crippen molar-refractivity contribution in [3.63, 3.8) is 0 Å². The lowest BCUT2D eigenvalue weighted by Gasteiger charge is -2.17. The summed E-state index contributed by atoms with van der Waals surface area (Å²) in [5.74, 6) is -0.979. The Hall–Kier alpha value is -1.52. The van der Waals surface area contributed by atoms with Crippen LogP contribution in [0.1, 0.15) is 28.9 Å². The van der Waals surface area contributed by atoms with E-state index in [0.717, 1.165) is 10.0 Å². The zero-order chi connectivity index (χ0) is 14.7. The smallest absolute Gasteiger partial charge is 0.337 e. The molecule has 0 radical (unpaired) electrons. The summed E-state index contributed by atoms with van der Waals surface area (Å²) < 4.78 is 1.00. The Morgan fingerprint density at radius 1 is 1.25 bits per heavy atom. The van der Waals surface area contributed by atoms with E-state index in [-0.39, 0.29) is 11.6 Å². The predicted molar refractivity (Wildman–Crippen MR) is 84.6 cm³/mol. The van der Waals surface area contributed by atoms with Crippen LogP contribution in [0.15, 0.2) is 46.9 Å². The Morgan fingerprint density at radius 3 is 2.50 bits per heavy atom. The quantitative estimate of drug-likeness (QED) is 0.814. The Labute approximate surface area is 130 Å². The van der Waals surface area contributed by atoms with Gasteiger partial charge in [-0.3, -0.25) is 0 Å². The lowest BCUT2D eigenvalue weighted by molar-refractivity contribution is 0.0698. The van der Waals surface area contributed by atoms with Crippen LogP contribution in [0.5, 0.6) is 0 Å². The van der Waals surface area contributed by atoms with Crippen molar-refractivity contribution in [1.29, 1.82) is 0 Å².